The monoisotopic (exact) mass is 554 g/mol. The number of aryl methyl sites for hydroxylation is 1. The fourth-order valence-electron chi connectivity index (χ4n) is 4.54. The molecule has 1 aliphatic heterocycles. The van der Waals surface area contributed by atoms with Crippen LogP contribution in [-0.2, 0) is 20.8 Å². The molecule has 3 aromatic carbocycles. The number of nitrogens with one attached hydrogen (secondary N) is 1. The van der Waals surface area contributed by atoms with Gasteiger partial charge in [-0.1, -0.05) is 36.4 Å². The highest BCUT2D eigenvalue weighted by Gasteiger charge is 2.40. The second kappa shape index (κ2) is 11.7. The van der Waals surface area contributed by atoms with E-state index in [9.17, 15) is 19.2 Å². The molecule has 3 N–H and O–H groups in total. The number of aromatic nitrogens is 4. The molecule has 1 atom stereocenters. The van der Waals surface area contributed by atoms with Crippen molar-refractivity contribution in [2.45, 2.75) is 19.4 Å². The molecule has 2 heterocycles. The van der Waals surface area contributed by atoms with Crippen molar-refractivity contribution in [1.29, 1.82) is 0 Å². The lowest BCUT2D eigenvalue weighted by Gasteiger charge is -2.37. The van der Waals surface area contributed by atoms with Gasteiger partial charge in [0.2, 0.25) is 5.91 Å². The topological polar surface area (TPSA) is 166 Å². The van der Waals surface area contributed by atoms with E-state index in [2.05, 4.69) is 20.8 Å². The zero-order chi connectivity index (χ0) is 28.9. The van der Waals surface area contributed by atoms with E-state index >= 15 is 0 Å². The third kappa shape index (κ3) is 6.03. The summed E-state index contributed by atoms with van der Waals surface area (Å²) >= 11 is 0. The van der Waals surface area contributed by atoms with Crippen LogP contribution in [0.2, 0.25) is 0 Å². The van der Waals surface area contributed by atoms with E-state index in [1.54, 1.807) is 60.7 Å². The molecule has 4 aromatic rings. The lowest BCUT2D eigenvalue weighted by molar-refractivity contribution is -0.150. The molecule has 1 saturated heterocycles. The molecule has 13 heteroatoms. The fraction of sp³-hybridized carbons (Fsp3) is 0.179. The number of benzene rings is 3. The first-order valence-electron chi connectivity index (χ1n) is 12.7. The Labute approximate surface area is 234 Å². The van der Waals surface area contributed by atoms with Crippen LogP contribution in [0.1, 0.15) is 11.1 Å². The zero-order valence-electron chi connectivity index (χ0n) is 22.0. The maximum atomic E-state index is 13.3. The normalized spacial score (nSPS) is 14.1. The molecule has 0 spiro atoms. The molecule has 208 valence electrons. The molecule has 0 bridgehead atoms. The van der Waals surface area contributed by atoms with Crippen LogP contribution in [0.5, 0.6) is 5.75 Å². The number of ether oxygens (including phenoxy) is 1. The smallest absolute Gasteiger partial charge is 0.410 e. The van der Waals surface area contributed by atoms with E-state index in [4.69, 9.17) is 10.5 Å². The fourth-order valence-corrected chi connectivity index (χ4v) is 4.54. The minimum atomic E-state index is -1.05. The average Bonchev–Trinajstić information content (AvgIpc) is 3.50. The molecule has 4 amide bonds. The molecule has 41 heavy (non-hydrogen) atoms. The summed E-state index contributed by atoms with van der Waals surface area (Å²) in [4.78, 5) is 53.7. The molecular weight excluding hydrogens is 528 g/mol. The van der Waals surface area contributed by atoms with Gasteiger partial charge in [-0.25, -0.2) is 4.79 Å². The average molecular weight is 555 g/mol. The van der Waals surface area contributed by atoms with E-state index in [-0.39, 0.29) is 19.5 Å². The Kier molecular flexibility index (Phi) is 7.67. The van der Waals surface area contributed by atoms with Crippen LogP contribution in [0.3, 0.4) is 0 Å². The number of hydrogen-bond acceptors (Lipinski definition) is 8. The van der Waals surface area contributed by atoms with Gasteiger partial charge in [-0.2, -0.15) is 4.68 Å². The van der Waals surface area contributed by atoms with Crippen LogP contribution in [0.4, 0.5) is 16.2 Å². The number of carbonyl (C=O) groups is 4. The first kappa shape index (κ1) is 27.0. The molecule has 0 aliphatic carbocycles. The molecule has 1 aliphatic rings. The summed E-state index contributed by atoms with van der Waals surface area (Å²) in [6, 6.07) is 19.6. The quantitative estimate of drug-likeness (QED) is 0.311. The first-order valence-corrected chi connectivity index (χ1v) is 12.7. The number of hydrogen-bond donors (Lipinski definition) is 2. The van der Waals surface area contributed by atoms with Crippen molar-refractivity contribution in [3.63, 3.8) is 0 Å². The van der Waals surface area contributed by atoms with Gasteiger partial charge >= 0.3 is 17.9 Å². The Bertz CT molecular complexity index is 1580. The maximum absolute atomic E-state index is 13.3. The van der Waals surface area contributed by atoms with Gasteiger partial charge in [0.25, 0.3) is 0 Å². The lowest BCUT2D eigenvalue weighted by atomic mass is 10.0. The predicted octanol–water partition coefficient (Wildman–Crippen LogP) is 1.85. The summed E-state index contributed by atoms with van der Waals surface area (Å²) in [5.41, 5.74) is 8.72. The number of rotatable bonds is 8. The second-order valence-corrected chi connectivity index (χ2v) is 9.35. The summed E-state index contributed by atoms with van der Waals surface area (Å²) in [5.74, 6) is -1.97. The molecule has 0 unspecified atom stereocenters. The third-order valence-electron chi connectivity index (χ3n) is 6.56. The zero-order valence-corrected chi connectivity index (χ0v) is 22.0. The van der Waals surface area contributed by atoms with Crippen molar-refractivity contribution in [3.05, 3.63) is 90.3 Å². The Morgan fingerprint density at radius 1 is 0.976 bits per heavy atom. The van der Waals surface area contributed by atoms with Gasteiger partial charge in [0.05, 0.1) is 11.4 Å². The van der Waals surface area contributed by atoms with Crippen molar-refractivity contribution in [3.8, 4) is 11.4 Å². The van der Waals surface area contributed by atoms with Crippen LogP contribution in [-0.4, -0.2) is 68.1 Å². The van der Waals surface area contributed by atoms with Crippen molar-refractivity contribution >= 4 is 35.2 Å². The number of para-hydroxylation sites is 1. The predicted molar refractivity (Wildman–Crippen MR) is 147 cm³/mol. The molecule has 13 nitrogen and oxygen atoms in total. The molecule has 0 saturated carbocycles. The highest BCUT2D eigenvalue weighted by atomic mass is 16.6. The lowest BCUT2D eigenvalue weighted by Crippen LogP contribution is -2.60. The largest absolute Gasteiger partial charge is 0.417 e. The van der Waals surface area contributed by atoms with Gasteiger partial charge in [0.15, 0.2) is 0 Å². The molecular formula is C28H26N8O5. The Balaban J connectivity index is 1.27. The highest BCUT2D eigenvalue weighted by molar-refractivity contribution is 6.41. The summed E-state index contributed by atoms with van der Waals surface area (Å²) < 4.78 is 6.63. The maximum Gasteiger partial charge on any atom is 0.417 e. The number of carbonyl (C=O) groups excluding carboxylic acids is 4. The van der Waals surface area contributed by atoms with Crippen LogP contribution in [0.15, 0.2) is 79.1 Å². The molecule has 1 aromatic heterocycles. The summed E-state index contributed by atoms with van der Waals surface area (Å²) in [5, 5.41) is 13.8. The molecule has 1 fully saturated rings. The summed E-state index contributed by atoms with van der Waals surface area (Å²) in [7, 11) is 0. The minimum Gasteiger partial charge on any atom is -0.410 e. The number of nitrogens with zero attached hydrogens (tertiary/aromatic N) is 6. The standard InChI is InChI=1S/C28H26N8O5/c1-18-7-12-22(36-17-30-32-33-36)23(15-18)34-13-14-35(27(39)26(34)38)24(25(29)37)16-19-8-10-20(11-9-19)31-28(40)41-21-5-3-2-4-6-21/h2-12,15,17,24H,13-14,16H2,1H3,(H2,29,37)(H,31,40)/t24-/m0/s1. The summed E-state index contributed by atoms with van der Waals surface area (Å²) in [6.45, 7) is 2.09. The number of piperazine rings is 1. The number of nitrogens with two attached hydrogens (primary N) is 1. The Morgan fingerprint density at radius 2 is 1.73 bits per heavy atom. The number of amides is 4. The number of primary amides is 1. The van der Waals surface area contributed by atoms with Gasteiger partial charge in [0.1, 0.15) is 18.1 Å². The van der Waals surface area contributed by atoms with Gasteiger partial charge < -0.3 is 20.3 Å². The van der Waals surface area contributed by atoms with Crippen molar-refractivity contribution < 1.29 is 23.9 Å². The van der Waals surface area contributed by atoms with Gasteiger partial charge in [0, 0.05) is 25.2 Å². The Hall–Kier alpha value is -5.59. The molecule has 5 rings (SSSR count). The van der Waals surface area contributed by atoms with E-state index < -0.39 is 29.9 Å². The van der Waals surface area contributed by atoms with Crippen molar-refractivity contribution in [2.24, 2.45) is 5.73 Å². The highest BCUT2D eigenvalue weighted by Crippen LogP contribution is 2.28. The van der Waals surface area contributed by atoms with Gasteiger partial charge in [-0.3, -0.25) is 19.7 Å². The van der Waals surface area contributed by atoms with Crippen LogP contribution < -0.4 is 20.7 Å². The van der Waals surface area contributed by atoms with Crippen LogP contribution in [0, 0.1) is 6.92 Å². The van der Waals surface area contributed by atoms with E-state index in [0.717, 1.165) is 5.56 Å². The second-order valence-electron chi connectivity index (χ2n) is 9.35. The first-order chi connectivity index (χ1) is 19.8. The van der Waals surface area contributed by atoms with Crippen molar-refractivity contribution in [2.75, 3.05) is 23.3 Å². The van der Waals surface area contributed by atoms with Crippen LogP contribution in [0.25, 0.3) is 5.69 Å². The van der Waals surface area contributed by atoms with E-state index in [1.807, 2.05) is 19.1 Å². The van der Waals surface area contributed by atoms with Crippen LogP contribution >= 0.6 is 0 Å². The Morgan fingerprint density at radius 3 is 2.41 bits per heavy atom. The van der Waals surface area contributed by atoms with Crippen molar-refractivity contribution in [1.82, 2.24) is 25.1 Å². The van der Waals surface area contributed by atoms with E-state index in [1.165, 1.54) is 20.8 Å². The van der Waals surface area contributed by atoms with Gasteiger partial charge in [-0.05, 0) is 64.9 Å². The number of anilines is 2. The number of tetrazole rings is 1. The minimum absolute atomic E-state index is 0.0867. The summed E-state index contributed by atoms with van der Waals surface area (Å²) in [6.07, 6.45) is 0.828. The SMILES string of the molecule is Cc1ccc(-n2cnnn2)c(N2CCN([C@@H](Cc3ccc(NC(=O)Oc4ccccc4)cc3)C(N)=O)C(=O)C2=O)c1. The molecule has 0 radical (unpaired) electrons. The van der Waals surface area contributed by atoms with E-state index in [0.29, 0.717) is 28.4 Å². The van der Waals surface area contributed by atoms with Gasteiger partial charge in [-0.15, -0.1) is 5.10 Å². The third-order valence-corrected chi connectivity index (χ3v) is 6.56.